The van der Waals surface area contributed by atoms with E-state index in [2.05, 4.69) is 31.4 Å². The Hall–Kier alpha value is -0.570. The summed E-state index contributed by atoms with van der Waals surface area (Å²) < 4.78 is 0. The van der Waals surface area contributed by atoms with Crippen molar-refractivity contribution in [2.45, 2.75) is 39.7 Å². The molecule has 0 aliphatic heterocycles. The molecule has 78 valence electrons. The number of hydrogen-bond acceptors (Lipinski definition) is 2. The van der Waals surface area contributed by atoms with Gasteiger partial charge in [0.2, 0.25) is 5.91 Å². The lowest BCUT2D eigenvalue weighted by molar-refractivity contribution is -0.119. The van der Waals surface area contributed by atoms with E-state index in [4.69, 9.17) is 0 Å². The highest BCUT2D eigenvalue weighted by Crippen LogP contribution is 2.05. The lowest BCUT2D eigenvalue weighted by atomic mass is 10.0. The van der Waals surface area contributed by atoms with Crippen molar-refractivity contribution in [3.8, 4) is 0 Å². The van der Waals surface area contributed by atoms with Crippen molar-refractivity contribution in [3.05, 3.63) is 0 Å². The number of likely N-dealkylation sites (N-methyl/N-ethyl adjacent to an activating group) is 1. The zero-order valence-electron chi connectivity index (χ0n) is 9.18. The number of rotatable bonds is 6. The summed E-state index contributed by atoms with van der Waals surface area (Å²) >= 11 is 0. The Labute approximate surface area is 81.3 Å². The van der Waals surface area contributed by atoms with Crippen LogP contribution in [0.25, 0.3) is 0 Å². The third-order valence-corrected chi connectivity index (χ3v) is 2.07. The molecule has 1 unspecified atom stereocenters. The number of carbonyl (C=O) groups excluding carboxylic acids is 1. The molecule has 0 saturated carbocycles. The lowest BCUT2D eigenvalue weighted by Crippen LogP contribution is -2.36. The fourth-order valence-corrected chi connectivity index (χ4v) is 1.04. The van der Waals surface area contributed by atoms with Crippen LogP contribution in [0.3, 0.4) is 0 Å². The molecule has 0 radical (unpaired) electrons. The van der Waals surface area contributed by atoms with Gasteiger partial charge < -0.3 is 10.6 Å². The monoisotopic (exact) mass is 186 g/mol. The van der Waals surface area contributed by atoms with Crippen molar-refractivity contribution in [1.82, 2.24) is 10.6 Å². The van der Waals surface area contributed by atoms with Gasteiger partial charge in [-0.1, -0.05) is 13.8 Å². The molecule has 1 amide bonds. The molecule has 0 aromatic rings. The highest BCUT2D eigenvalue weighted by Gasteiger charge is 2.04. The maximum atomic E-state index is 10.9. The van der Waals surface area contributed by atoms with E-state index in [1.165, 1.54) is 6.42 Å². The van der Waals surface area contributed by atoms with Crippen molar-refractivity contribution in [2.24, 2.45) is 5.92 Å². The number of amides is 1. The van der Waals surface area contributed by atoms with E-state index >= 15 is 0 Å². The van der Waals surface area contributed by atoms with Gasteiger partial charge in [-0.15, -0.1) is 0 Å². The van der Waals surface area contributed by atoms with E-state index in [0.29, 0.717) is 12.6 Å². The van der Waals surface area contributed by atoms with Gasteiger partial charge in [0.1, 0.15) is 0 Å². The largest absolute Gasteiger partial charge is 0.358 e. The summed E-state index contributed by atoms with van der Waals surface area (Å²) in [7, 11) is 1.66. The zero-order chi connectivity index (χ0) is 10.3. The summed E-state index contributed by atoms with van der Waals surface area (Å²) in [5, 5.41) is 5.76. The van der Waals surface area contributed by atoms with Crippen LogP contribution in [-0.4, -0.2) is 25.5 Å². The average Bonchev–Trinajstić information content (AvgIpc) is 2.10. The van der Waals surface area contributed by atoms with Crippen molar-refractivity contribution in [1.29, 1.82) is 0 Å². The zero-order valence-corrected chi connectivity index (χ0v) is 9.18. The summed E-state index contributed by atoms with van der Waals surface area (Å²) in [6, 6.07) is 0.430. The van der Waals surface area contributed by atoms with E-state index in [9.17, 15) is 4.79 Å². The minimum absolute atomic E-state index is 0.0522. The minimum atomic E-state index is 0.0522. The van der Waals surface area contributed by atoms with Crippen LogP contribution < -0.4 is 10.6 Å². The highest BCUT2D eigenvalue weighted by molar-refractivity contribution is 5.77. The third-order valence-electron chi connectivity index (χ3n) is 2.07. The van der Waals surface area contributed by atoms with Crippen LogP contribution in [0.15, 0.2) is 0 Å². The molecule has 0 saturated heterocycles. The van der Waals surface area contributed by atoms with Gasteiger partial charge in [0.05, 0.1) is 6.54 Å². The Balaban J connectivity index is 3.40. The molecule has 0 spiro atoms. The molecule has 0 rings (SSSR count). The lowest BCUT2D eigenvalue weighted by Gasteiger charge is -2.14. The summed E-state index contributed by atoms with van der Waals surface area (Å²) in [5.74, 6) is 0.792. The van der Waals surface area contributed by atoms with Crippen molar-refractivity contribution < 1.29 is 4.79 Å². The molecule has 0 aromatic carbocycles. The van der Waals surface area contributed by atoms with Gasteiger partial charge in [-0.3, -0.25) is 4.79 Å². The first-order valence-corrected chi connectivity index (χ1v) is 5.00. The standard InChI is InChI=1S/C10H22N2O/c1-8(2)5-6-9(3)12-7-10(13)11-4/h8-9,12H,5-7H2,1-4H3,(H,11,13). The van der Waals surface area contributed by atoms with Gasteiger partial charge in [-0.2, -0.15) is 0 Å². The molecule has 0 aromatic heterocycles. The van der Waals surface area contributed by atoms with Crippen LogP contribution in [0.4, 0.5) is 0 Å². The van der Waals surface area contributed by atoms with E-state index in [1.54, 1.807) is 7.05 Å². The molecule has 0 bridgehead atoms. The second-order valence-electron chi connectivity index (χ2n) is 3.93. The molecule has 3 heteroatoms. The van der Waals surface area contributed by atoms with Crippen LogP contribution in [0.5, 0.6) is 0 Å². The molecule has 3 nitrogen and oxygen atoms in total. The summed E-state index contributed by atoms with van der Waals surface area (Å²) in [6.07, 6.45) is 2.34. The van der Waals surface area contributed by atoms with Crippen molar-refractivity contribution in [3.63, 3.8) is 0 Å². The maximum Gasteiger partial charge on any atom is 0.233 e. The Morgan fingerprint density at radius 1 is 1.23 bits per heavy atom. The Bertz CT molecular complexity index is 146. The second kappa shape index (κ2) is 6.89. The smallest absolute Gasteiger partial charge is 0.233 e. The van der Waals surface area contributed by atoms with Crippen molar-refractivity contribution in [2.75, 3.05) is 13.6 Å². The molecule has 0 aliphatic carbocycles. The van der Waals surface area contributed by atoms with Crippen LogP contribution in [-0.2, 0) is 4.79 Å². The summed E-state index contributed by atoms with van der Waals surface area (Å²) in [6.45, 7) is 6.97. The highest BCUT2D eigenvalue weighted by atomic mass is 16.1. The first kappa shape index (κ1) is 12.4. The predicted molar refractivity (Wildman–Crippen MR) is 55.6 cm³/mol. The van der Waals surface area contributed by atoms with E-state index in [1.807, 2.05) is 0 Å². The first-order chi connectivity index (χ1) is 6.06. The molecule has 2 N–H and O–H groups in total. The molecular formula is C10H22N2O. The first-order valence-electron chi connectivity index (χ1n) is 5.00. The van der Waals surface area contributed by atoms with E-state index < -0.39 is 0 Å². The molecule has 0 fully saturated rings. The number of hydrogen-bond donors (Lipinski definition) is 2. The van der Waals surface area contributed by atoms with Crippen LogP contribution in [0, 0.1) is 5.92 Å². The molecular weight excluding hydrogens is 164 g/mol. The van der Waals surface area contributed by atoms with Gasteiger partial charge >= 0.3 is 0 Å². The van der Waals surface area contributed by atoms with Gasteiger partial charge in [0, 0.05) is 13.1 Å². The van der Waals surface area contributed by atoms with Crippen LogP contribution in [0.1, 0.15) is 33.6 Å². The van der Waals surface area contributed by atoms with Crippen LogP contribution >= 0.6 is 0 Å². The summed E-state index contributed by atoms with van der Waals surface area (Å²) in [4.78, 5) is 10.9. The molecule has 0 aliphatic rings. The molecule has 1 atom stereocenters. The Kier molecular flexibility index (Phi) is 6.59. The molecule has 0 heterocycles. The SMILES string of the molecule is CNC(=O)CNC(C)CCC(C)C. The van der Waals surface area contributed by atoms with E-state index in [0.717, 1.165) is 12.3 Å². The van der Waals surface area contributed by atoms with Crippen molar-refractivity contribution >= 4 is 5.91 Å². The average molecular weight is 186 g/mol. The van der Waals surface area contributed by atoms with Gasteiger partial charge in [-0.05, 0) is 25.7 Å². The Morgan fingerprint density at radius 2 is 1.85 bits per heavy atom. The molecule has 13 heavy (non-hydrogen) atoms. The third kappa shape index (κ3) is 7.78. The fraction of sp³-hybridized carbons (Fsp3) is 0.900. The second-order valence-corrected chi connectivity index (χ2v) is 3.93. The Morgan fingerprint density at radius 3 is 2.31 bits per heavy atom. The maximum absolute atomic E-state index is 10.9. The number of nitrogens with one attached hydrogen (secondary N) is 2. The van der Waals surface area contributed by atoms with Gasteiger partial charge in [0.25, 0.3) is 0 Å². The normalized spacial score (nSPS) is 13.0. The predicted octanol–water partition coefficient (Wildman–Crippen LogP) is 1.15. The van der Waals surface area contributed by atoms with Gasteiger partial charge in [0.15, 0.2) is 0 Å². The van der Waals surface area contributed by atoms with Gasteiger partial charge in [-0.25, -0.2) is 0 Å². The fourth-order valence-electron chi connectivity index (χ4n) is 1.04. The topological polar surface area (TPSA) is 41.1 Å². The van der Waals surface area contributed by atoms with Crippen LogP contribution in [0.2, 0.25) is 0 Å². The minimum Gasteiger partial charge on any atom is -0.358 e. The quantitative estimate of drug-likeness (QED) is 0.653. The summed E-state index contributed by atoms with van der Waals surface area (Å²) in [5.41, 5.74) is 0. The van der Waals surface area contributed by atoms with E-state index in [-0.39, 0.29) is 5.91 Å². The number of carbonyl (C=O) groups is 1.